The zero-order valence-corrected chi connectivity index (χ0v) is 8.94. The van der Waals surface area contributed by atoms with Crippen molar-refractivity contribution >= 4 is 50.1 Å². The van der Waals surface area contributed by atoms with Gasteiger partial charge in [0, 0.05) is 17.9 Å². The molecule has 0 rings (SSSR count). The number of carbonyl (C=O) groups is 1. The van der Waals surface area contributed by atoms with E-state index < -0.39 is 9.15 Å². The summed E-state index contributed by atoms with van der Waals surface area (Å²) in [7, 11) is 4.25. The lowest BCUT2D eigenvalue weighted by Gasteiger charge is -2.13. The van der Waals surface area contributed by atoms with Gasteiger partial charge in [-0.3, -0.25) is 0 Å². The minimum absolute atomic E-state index is 0.474. The zero-order chi connectivity index (χ0) is 8.91. The van der Waals surface area contributed by atoms with Gasteiger partial charge in [-0.15, -0.1) is 0 Å². The van der Waals surface area contributed by atoms with Gasteiger partial charge in [-0.05, 0) is 10.8 Å². The molecule has 0 aliphatic carbocycles. The lowest BCUT2D eigenvalue weighted by molar-refractivity contribution is 0.199. The van der Waals surface area contributed by atoms with Crippen LogP contribution in [-0.2, 0) is 9.47 Å². The van der Waals surface area contributed by atoms with Gasteiger partial charge in [-0.2, -0.15) is 0 Å². The number of hydrogen-bond donors (Lipinski definition) is 0. The zero-order valence-electron chi connectivity index (χ0n) is 5.80. The first-order chi connectivity index (χ1) is 5.02. The third-order valence-electron chi connectivity index (χ3n) is 0.611. The molecule has 66 valence electrons. The van der Waals surface area contributed by atoms with Crippen LogP contribution in [0.4, 0.5) is 4.79 Å². The topological polar surface area (TPSA) is 35.5 Å². The summed E-state index contributed by atoms with van der Waals surface area (Å²) in [5.41, 5.74) is 0. The van der Waals surface area contributed by atoms with Crippen molar-refractivity contribution in [1.29, 1.82) is 0 Å². The molecule has 0 aliphatic rings. The number of alkyl halides is 2. The van der Waals surface area contributed by atoms with Crippen molar-refractivity contribution in [2.75, 3.05) is 14.2 Å². The van der Waals surface area contributed by atoms with E-state index >= 15 is 0 Å². The highest BCUT2D eigenvalue weighted by atomic mass is 35.5. The standard InChI is InChI=1S/C4H6Cl2O3S2/c1-8-3(7)10-11-4(5,6)9-2/h1-2H3. The van der Waals surface area contributed by atoms with Crippen LogP contribution in [0.2, 0.25) is 0 Å². The number of carbonyl (C=O) groups excluding carboxylic acids is 1. The highest BCUT2D eigenvalue weighted by Crippen LogP contribution is 2.43. The van der Waals surface area contributed by atoms with Gasteiger partial charge in [0.2, 0.25) is 0 Å². The highest BCUT2D eigenvalue weighted by molar-refractivity contribution is 8.83. The lowest BCUT2D eigenvalue weighted by Crippen LogP contribution is -2.08. The second-order valence-electron chi connectivity index (χ2n) is 1.29. The third-order valence-corrected chi connectivity index (χ3v) is 4.04. The molecule has 0 atom stereocenters. The average molecular weight is 237 g/mol. The molecule has 11 heavy (non-hydrogen) atoms. The quantitative estimate of drug-likeness (QED) is 0.326. The average Bonchev–Trinajstić information content (AvgIpc) is 2.00. The molecule has 7 heteroatoms. The van der Waals surface area contributed by atoms with Crippen LogP contribution in [0.15, 0.2) is 0 Å². The van der Waals surface area contributed by atoms with E-state index in [4.69, 9.17) is 23.2 Å². The smallest absolute Gasteiger partial charge is 0.377 e. The summed E-state index contributed by atoms with van der Waals surface area (Å²) in [4.78, 5) is 10.5. The molecular formula is C4H6Cl2O3S2. The van der Waals surface area contributed by atoms with E-state index in [9.17, 15) is 4.79 Å². The number of methoxy groups -OCH3 is 2. The molecule has 0 spiro atoms. The second kappa shape index (κ2) is 5.37. The lowest BCUT2D eigenvalue weighted by atomic mass is 11.5. The SMILES string of the molecule is COC(=O)SSC(Cl)(Cl)OC. The van der Waals surface area contributed by atoms with Crippen molar-refractivity contribution in [3.8, 4) is 0 Å². The predicted molar refractivity (Wildman–Crippen MR) is 49.0 cm³/mol. The molecule has 0 unspecified atom stereocenters. The van der Waals surface area contributed by atoms with Crippen LogP contribution in [0.25, 0.3) is 0 Å². The molecule has 0 aromatic heterocycles. The van der Waals surface area contributed by atoms with Crippen molar-refractivity contribution in [3.63, 3.8) is 0 Å². The van der Waals surface area contributed by atoms with Gasteiger partial charge in [0.05, 0.1) is 7.11 Å². The van der Waals surface area contributed by atoms with E-state index in [1.807, 2.05) is 0 Å². The van der Waals surface area contributed by atoms with E-state index in [0.29, 0.717) is 0 Å². The maximum absolute atomic E-state index is 10.5. The molecule has 0 N–H and O–H groups in total. The van der Waals surface area contributed by atoms with E-state index in [1.165, 1.54) is 14.2 Å². The van der Waals surface area contributed by atoms with E-state index in [-0.39, 0.29) is 0 Å². The molecule has 0 amide bonds. The molecule has 0 bridgehead atoms. The Balaban J connectivity index is 3.61. The van der Waals surface area contributed by atoms with Gasteiger partial charge in [-0.25, -0.2) is 4.79 Å². The number of ether oxygens (including phenoxy) is 2. The molecule has 3 nitrogen and oxygen atoms in total. The first-order valence-corrected chi connectivity index (χ1v) is 5.29. The van der Waals surface area contributed by atoms with Crippen LogP contribution in [0, 0.1) is 0 Å². The van der Waals surface area contributed by atoms with E-state index in [1.54, 1.807) is 0 Å². The largest absolute Gasteiger partial charge is 0.460 e. The Labute approximate surface area is 82.5 Å². The first-order valence-electron chi connectivity index (χ1n) is 2.38. The Morgan fingerprint density at radius 2 is 2.00 bits per heavy atom. The van der Waals surface area contributed by atoms with E-state index in [2.05, 4.69) is 9.47 Å². The van der Waals surface area contributed by atoms with Crippen molar-refractivity contribution in [2.24, 2.45) is 0 Å². The van der Waals surface area contributed by atoms with Crippen LogP contribution >= 0.6 is 44.8 Å². The summed E-state index contributed by atoms with van der Waals surface area (Å²) in [5, 5.41) is -0.474. The van der Waals surface area contributed by atoms with Gasteiger partial charge >= 0.3 is 5.30 Å². The Morgan fingerprint density at radius 1 is 1.45 bits per heavy atom. The van der Waals surface area contributed by atoms with Crippen LogP contribution < -0.4 is 0 Å². The minimum atomic E-state index is -1.40. The summed E-state index contributed by atoms with van der Waals surface area (Å²) in [5.74, 6) is 0. The maximum atomic E-state index is 10.5. The molecule has 0 saturated heterocycles. The van der Waals surface area contributed by atoms with E-state index in [0.717, 1.165) is 21.6 Å². The Morgan fingerprint density at radius 3 is 2.36 bits per heavy atom. The van der Waals surface area contributed by atoms with Crippen LogP contribution in [0.5, 0.6) is 0 Å². The Bertz CT molecular complexity index is 141. The Kier molecular flexibility index (Phi) is 5.72. The first kappa shape index (κ1) is 11.7. The fourth-order valence-electron chi connectivity index (χ4n) is 0.151. The summed E-state index contributed by atoms with van der Waals surface area (Å²) in [6, 6.07) is 0. The van der Waals surface area contributed by atoms with Crippen molar-refractivity contribution in [2.45, 2.75) is 3.85 Å². The van der Waals surface area contributed by atoms with Crippen molar-refractivity contribution < 1.29 is 14.3 Å². The highest BCUT2D eigenvalue weighted by Gasteiger charge is 2.26. The van der Waals surface area contributed by atoms with Crippen LogP contribution in [-0.4, -0.2) is 23.4 Å². The molecule has 0 aliphatic heterocycles. The summed E-state index contributed by atoms with van der Waals surface area (Å²) < 4.78 is 7.51. The second-order valence-corrected chi connectivity index (χ2v) is 5.24. The number of halogens is 2. The molecule has 0 saturated carbocycles. The van der Waals surface area contributed by atoms with Crippen LogP contribution in [0.1, 0.15) is 0 Å². The molecule has 0 aromatic rings. The normalized spacial score (nSPS) is 11.3. The van der Waals surface area contributed by atoms with Gasteiger partial charge in [0.15, 0.2) is 0 Å². The molecule has 0 fully saturated rings. The molecule has 0 heterocycles. The predicted octanol–water partition coefficient (Wildman–Crippen LogP) is 2.87. The summed E-state index contributed by atoms with van der Waals surface area (Å²) >= 11 is 11.0. The fraction of sp³-hybridized carbons (Fsp3) is 0.750. The van der Waals surface area contributed by atoms with Crippen molar-refractivity contribution in [1.82, 2.24) is 0 Å². The van der Waals surface area contributed by atoms with Crippen molar-refractivity contribution in [3.05, 3.63) is 0 Å². The summed E-state index contributed by atoms with van der Waals surface area (Å²) in [6.45, 7) is 0. The fourth-order valence-corrected chi connectivity index (χ4v) is 1.92. The monoisotopic (exact) mass is 236 g/mol. The van der Waals surface area contributed by atoms with Gasteiger partial charge in [0.25, 0.3) is 3.85 Å². The molecule has 0 radical (unpaired) electrons. The van der Waals surface area contributed by atoms with Gasteiger partial charge in [-0.1, -0.05) is 23.2 Å². The van der Waals surface area contributed by atoms with Crippen LogP contribution in [0.3, 0.4) is 0 Å². The summed E-state index contributed by atoms with van der Waals surface area (Å²) in [6.07, 6.45) is 0. The minimum Gasteiger partial charge on any atom is -0.460 e. The third kappa shape index (κ3) is 5.93. The molecule has 0 aromatic carbocycles. The van der Waals surface area contributed by atoms with Gasteiger partial charge < -0.3 is 9.47 Å². The Hall–Kier alpha value is 0.710. The molecular weight excluding hydrogens is 231 g/mol. The number of rotatable bonds is 3. The maximum Gasteiger partial charge on any atom is 0.377 e. The van der Waals surface area contributed by atoms with Gasteiger partial charge in [0.1, 0.15) is 0 Å². The number of hydrogen-bond acceptors (Lipinski definition) is 5.